The van der Waals surface area contributed by atoms with Crippen LogP contribution in [0.2, 0.25) is 0 Å². The fourth-order valence-corrected chi connectivity index (χ4v) is 4.38. The van der Waals surface area contributed by atoms with Crippen LogP contribution in [0.5, 0.6) is 0 Å². The molecule has 0 heterocycles. The number of fused-ring (bicyclic) bond motifs is 1. The van der Waals surface area contributed by atoms with Gasteiger partial charge in [-0.1, -0.05) is 11.1 Å². The van der Waals surface area contributed by atoms with Gasteiger partial charge in [0.15, 0.2) is 0 Å². The van der Waals surface area contributed by atoms with Crippen LogP contribution in [0.4, 0.5) is 0 Å². The predicted molar refractivity (Wildman–Crippen MR) is 101 cm³/mol. The summed E-state index contributed by atoms with van der Waals surface area (Å²) in [5.74, 6) is 0. The fourth-order valence-electron chi connectivity index (χ4n) is 4.38. The van der Waals surface area contributed by atoms with E-state index in [1.807, 2.05) is 0 Å². The van der Waals surface area contributed by atoms with Crippen LogP contribution in [-0.2, 0) is 0 Å². The van der Waals surface area contributed by atoms with Gasteiger partial charge in [-0.25, -0.2) is 0 Å². The van der Waals surface area contributed by atoms with Crippen molar-refractivity contribution in [3.8, 4) is 0 Å². The van der Waals surface area contributed by atoms with E-state index >= 15 is 0 Å². The van der Waals surface area contributed by atoms with E-state index in [1.165, 1.54) is 65.7 Å². The summed E-state index contributed by atoms with van der Waals surface area (Å²) in [5, 5.41) is 5.85. The van der Waals surface area contributed by atoms with Crippen LogP contribution in [0.3, 0.4) is 0 Å². The summed E-state index contributed by atoms with van der Waals surface area (Å²) in [7, 11) is 0. The molecule has 0 nitrogen and oxygen atoms in total. The number of aryl methyl sites for hydroxylation is 4. The number of hydrogen-bond acceptors (Lipinski definition) is 0. The quantitative estimate of drug-likeness (QED) is 0.636. The van der Waals surface area contributed by atoms with Gasteiger partial charge in [-0.2, -0.15) is 0 Å². The SMILES string of the molecule is CC(C)=c1c(C)c(C)c2c(C)c(=C(C)C)c(C)c(C)c2c1C. The maximum atomic E-state index is 2.30. The third-order valence-electron chi connectivity index (χ3n) is 5.38. The lowest BCUT2D eigenvalue weighted by molar-refractivity contribution is 1.22. The van der Waals surface area contributed by atoms with Crippen molar-refractivity contribution in [2.45, 2.75) is 69.2 Å². The molecule has 2 rings (SSSR count). The second-order valence-corrected chi connectivity index (χ2v) is 7.25. The molecule has 0 aliphatic carbocycles. The second-order valence-electron chi connectivity index (χ2n) is 7.25. The maximum absolute atomic E-state index is 2.30. The molecule has 2 aromatic rings. The van der Waals surface area contributed by atoms with Gasteiger partial charge in [-0.3, -0.25) is 0 Å². The zero-order valence-electron chi connectivity index (χ0n) is 16.0. The zero-order valence-corrected chi connectivity index (χ0v) is 16.0. The topological polar surface area (TPSA) is 0 Å². The molecule has 0 atom stereocenters. The minimum atomic E-state index is 1.41. The van der Waals surface area contributed by atoms with Crippen LogP contribution >= 0.6 is 0 Å². The first-order valence-electron chi connectivity index (χ1n) is 8.25. The van der Waals surface area contributed by atoms with Gasteiger partial charge < -0.3 is 0 Å². The van der Waals surface area contributed by atoms with E-state index in [4.69, 9.17) is 0 Å². The van der Waals surface area contributed by atoms with E-state index in [1.54, 1.807) is 0 Å². The standard InChI is InChI=1S/C22H30/c1-11(2)19-13(5)15(7)22-18(10)20(12(3)4)14(6)16(8)21(22)17(19)9/h1-10H3. The maximum Gasteiger partial charge on any atom is -0.0111 e. The first kappa shape index (κ1) is 16.8. The Bertz CT molecular complexity index is 821. The lowest BCUT2D eigenvalue weighted by Crippen LogP contribution is -2.21. The van der Waals surface area contributed by atoms with Gasteiger partial charge in [-0.05, 0) is 124 Å². The number of benzene rings is 2. The van der Waals surface area contributed by atoms with Crippen LogP contribution in [0.25, 0.3) is 21.9 Å². The predicted octanol–water partition coefficient (Wildman–Crippen LogP) is 5.07. The first-order valence-corrected chi connectivity index (χ1v) is 8.25. The highest BCUT2D eigenvalue weighted by Crippen LogP contribution is 2.29. The van der Waals surface area contributed by atoms with Crippen molar-refractivity contribution < 1.29 is 0 Å². The molecule has 22 heavy (non-hydrogen) atoms. The Morgan fingerprint density at radius 3 is 0.909 bits per heavy atom. The van der Waals surface area contributed by atoms with E-state index < -0.39 is 0 Å². The lowest BCUT2D eigenvalue weighted by Gasteiger charge is -2.20. The number of rotatable bonds is 0. The molecule has 0 bridgehead atoms. The molecule has 0 heteroatoms. The monoisotopic (exact) mass is 294 g/mol. The normalized spacial score (nSPS) is 11.2. The average Bonchev–Trinajstić information content (AvgIpc) is 2.39. The summed E-state index contributed by atoms with van der Waals surface area (Å²) < 4.78 is 0. The van der Waals surface area contributed by atoms with Crippen molar-refractivity contribution in [1.82, 2.24) is 0 Å². The third-order valence-corrected chi connectivity index (χ3v) is 5.38. The van der Waals surface area contributed by atoms with Gasteiger partial charge in [0, 0.05) is 0 Å². The van der Waals surface area contributed by atoms with Crippen molar-refractivity contribution in [2.75, 3.05) is 0 Å². The van der Waals surface area contributed by atoms with E-state index in [2.05, 4.69) is 69.2 Å². The summed E-state index contributed by atoms with van der Waals surface area (Å²) in [6.45, 7) is 22.7. The molecule has 0 unspecified atom stereocenters. The van der Waals surface area contributed by atoms with Crippen LogP contribution in [0.1, 0.15) is 61.1 Å². The van der Waals surface area contributed by atoms with E-state index in [0.717, 1.165) is 0 Å². The molecule has 0 aromatic heterocycles. The highest BCUT2D eigenvalue weighted by atomic mass is 14.2. The Morgan fingerprint density at radius 2 is 0.682 bits per heavy atom. The van der Waals surface area contributed by atoms with Crippen molar-refractivity contribution in [3.63, 3.8) is 0 Å². The molecule has 118 valence electrons. The summed E-state index contributed by atoms with van der Waals surface area (Å²) in [5.41, 5.74) is 11.5. The Labute approximate surface area is 135 Å². The zero-order chi connectivity index (χ0) is 16.9. The lowest BCUT2D eigenvalue weighted by atomic mass is 9.84. The fraction of sp³-hybridized carbons (Fsp3) is 0.455. The van der Waals surface area contributed by atoms with Gasteiger partial charge in [0.2, 0.25) is 0 Å². The van der Waals surface area contributed by atoms with Gasteiger partial charge in [0.1, 0.15) is 0 Å². The largest absolute Gasteiger partial charge is 0.0686 e. The van der Waals surface area contributed by atoms with Crippen molar-refractivity contribution >= 4 is 21.9 Å². The molecule has 0 saturated carbocycles. The van der Waals surface area contributed by atoms with Crippen molar-refractivity contribution in [1.29, 1.82) is 0 Å². The van der Waals surface area contributed by atoms with E-state index in [9.17, 15) is 0 Å². The van der Waals surface area contributed by atoms with E-state index in [-0.39, 0.29) is 0 Å². The highest BCUT2D eigenvalue weighted by Gasteiger charge is 2.15. The Hall–Kier alpha value is -1.56. The average molecular weight is 294 g/mol. The van der Waals surface area contributed by atoms with E-state index in [0.29, 0.717) is 0 Å². The molecule has 0 aliphatic rings. The summed E-state index contributed by atoms with van der Waals surface area (Å²) in [6, 6.07) is 0. The Morgan fingerprint density at radius 1 is 0.409 bits per heavy atom. The molecule has 0 radical (unpaired) electrons. The van der Waals surface area contributed by atoms with Crippen LogP contribution in [0, 0.1) is 41.5 Å². The molecule has 0 spiro atoms. The molecule has 0 saturated heterocycles. The summed E-state index contributed by atoms with van der Waals surface area (Å²) in [6.07, 6.45) is 0. The Balaban J connectivity index is 3.41. The minimum Gasteiger partial charge on any atom is -0.0686 e. The number of hydrogen-bond donors (Lipinski definition) is 0. The minimum absolute atomic E-state index is 1.41. The molecular weight excluding hydrogens is 264 g/mol. The van der Waals surface area contributed by atoms with Gasteiger partial charge in [-0.15, -0.1) is 0 Å². The van der Waals surface area contributed by atoms with Crippen LogP contribution < -0.4 is 10.4 Å². The van der Waals surface area contributed by atoms with Crippen molar-refractivity contribution in [2.24, 2.45) is 0 Å². The molecule has 2 aromatic carbocycles. The van der Waals surface area contributed by atoms with Gasteiger partial charge >= 0.3 is 0 Å². The first-order chi connectivity index (χ1) is 10.1. The smallest absolute Gasteiger partial charge is 0.0111 e. The highest BCUT2D eigenvalue weighted by molar-refractivity contribution is 5.96. The molecule has 0 N–H and O–H groups in total. The van der Waals surface area contributed by atoms with Crippen LogP contribution in [0.15, 0.2) is 0 Å². The van der Waals surface area contributed by atoms with Gasteiger partial charge in [0.25, 0.3) is 0 Å². The summed E-state index contributed by atoms with van der Waals surface area (Å²) in [4.78, 5) is 0. The van der Waals surface area contributed by atoms with Crippen LogP contribution in [-0.4, -0.2) is 0 Å². The van der Waals surface area contributed by atoms with Crippen molar-refractivity contribution in [3.05, 3.63) is 43.8 Å². The second kappa shape index (κ2) is 5.57. The molecule has 0 amide bonds. The molecule has 0 aliphatic heterocycles. The molecular formula is C22H30. The third kappa shape index (κ3) is 2.20. The van der Waals surface area contributed by atoms with Gasteiger partial charge in [0.05, 0.1) is 0 Å². The Kier molecular flexibility index (Phi) is 4.26. The summed E-state index contributed by atoms with van der Waals surface area (Å²) >= 11 is 0. The molecule has 0 fully saturated rings.